The fraction of sp³-hybridized carbons (Fsp3) is 0.462. The number of amides is 1. The summed E-state index contributed by atoms with van der Waals surface area (Å²) in [6.07, 6.45) is 0.188. The number of nitrogens with one attached hydrogen (secondary N) is 1. The third kappa shape index (κ3) is 4.44. The minimum atomic E-state index is -0.383. The van der Waals surface area contributed by atoms with Crippen LogP contribution in [0.25, 0.3) is 0 Å². The molecule has 1 unspecified atom stereocenters. The molecule has 0 aromatic heterocycles. The van der Waals surface area contributed by atoms with Crippen LogP contribution in [0.1, 0.15) is 23.7 Å². The summed E-state index contributed by atoms with van der Waals surface area (Å²) in [4.78, 5) is 13.7. The average Bonchev–Trinajstić information content (AvgIpc) is 2.28. The number of anilines is 1. The lowest BCUT2D eigenvalue weighted by Crippen LogP contribution is -2.26. The van der Waals surface area contributed by atoms with Crippen LogP contribution in [0.5, 0.6) is 0 Å². The van der Waals surface area contributed by atoms with E-state index in [1.54, 1.807) is 19.1 Å². The molecule has 0 fully saturated rings. The maximum atomic E-state index is 11.7. The highest BCUT2D eigenvalue weighted by Crippen LogP contribution is 2.11. The highest BCUT2D eigenvalue weighted by Gasteiger charge is 2.05. The minimum Gasteiger partial charge on any atom is -0.393 e. The van der Waals surface area contributed by atoms with Gasteiger partial charge in [-0.1, -0.05) is 0 Å². The molecule has 0 aliphatic rings. The fourth-order valence-corrected chi connectivity index (χ4v) is 1.41. The van der Waals surface area contributed by atoms with Crippen molar-refractivity contribution in [3.8, 4) is 0 Å². The third-order valence-electron chi connectivity index (χ3n) is 2.49. The van der Waals surface area contributed by atoms with Crippen LogP contribution < -0.4 is 10.2 Å². The van der Waals surface area contributed by atoms with Gasteiger partial charge in [-0.3, -0.25) is 4.79 Å². The van der Waals surface area contributed by atoms with Crippen LogP contribution in [0.15, 0.2) is 24.3 Å². The van der Waals surface area contributed by atoms with E-state index in [-0.39, 0.29) is 12.0 Å². The van der Waals surface area contributed by atoms with Crippen LogP contribution in [-0.2, 0) is 0 Å². The minimum absolute atomic E-state index is 0.101. The van der Waals surface area contributed by atoms with E-state index in [4.69, 9.17) is 5.11 Å². The van der Waals surface area contributed by atoms with E-state index in [1.807, 2.05) is 31.1 Å². The summed E-state index contributed by atoms with van der Waals surface area (Å²) >= 11 is 0. The quantitative estimate of drug-likeness (QED) is 0.809. The van der Waals surface area contributed by atoms with Crippen molar-refractivity contribution in [2.75, 3.05) is 25.5 Å². The van der Waals surface area contributed by atoms with Crippen molar-refractivity contribution < 1.29 is 9.90 Å². The van der Waals surface area contributed by atoms with Crippen molar-refractivity contribution in [2.24, 2.45) is 0 Å². The van der Waals surface area contributed by atoms with Crippen LogP contribution in [0.2, 0.25) is 0 Å². The molecule has 0 radical (unpaired) electrons. The molecule has 0 heterocycles. The van der Waals surface area contributed by atoms with E-state index in [9.17, 15) is 4.79 Å². The SMILES string of the molecule is CC(O)CCNC(=O)c1ccc(N(C)C)cc1. The normalized spacial score (nSPS) is 12.0. The first-order valence-corrected chi connectivity index (χ1v) is 5.74. The first kappa shape index (κ1) is 13.5. The number of hydrogen-bond donors (Lipinski definition) is 2. The van der Waals surface area contributed by atoms with E-state index < -0.39 is 0 Å². The Morgan fingerprint density at radius 1 is 1.35 bits per heavy atom. The zero-order chi connectivity index (χ0) is 12.8. The van der Waals surface area contributed by atoms with Gasteiger partial charge in [0, 0.05) is 31.9 Å². The molecule has 0 aliphatic carbocycles. The zero-order valence-corrected chi connectivity index (χ0v) is 10.6. The van der Waals surface area contributed by atoms with Crippen LogP contribution in [0.3, 0.4) is 0 Å². The first-order chi connectivity index (χ1) is 8.00. The van der Waals surface area contributed by atoms with Crippen molar-refractivity contribution in [2.45, 2.75) is 19.4 Å². The van der Waals surface area contributed by atoms with Crippen LogP contribution in [0, 0.1) is 0 Å². The van der Waals surface area contributed by atoms with Gasteiger partial charge >= 0.3 is 0 Å². The van der Waals surface area contributed by atoms with Crippen molar-refractivity contribution in [1.29, 1.82) is 0 Å². The van der Waals surface area contributed by atoms with Gasteiger partial charge in [0.25, 0.3) is 5.91 Å². The standard InChI is InChI=1S/C13H20N2O2/c1-10(16)8-9-14-13(17)11-4-6-12(7-5-11)15(2)3/h4-7,10,16H,8-9H2,1-3H3,(H,14,17). The van der Waals surface area contributed by atoms with Gasteiger partial charge in [0.2, 0.25) is 0 Å². The van der Waals surface area contributed by atoms with E-state index in [1.165, 1.54) is 0 Å². The van der Waals surface area contributed by atoms with Gasteiger partial charge in [-0.2, -0.15) is 0 Å². The molecular weight excluding hydrogens is 216 g/mol. The van der Waals surface area contributed by atoms with Crippen molar-refractivity contribution in [3.63, 3.8) is 0 Å². The molecule has 0 saturated carbocycles. The second-order valence-electron chi connectivity index (χ2n) is 4.33. The molecular formula is C13H20N2O2. The third-order valence-corrected chi connectivity index (χ3v) is 2.49. The van der Waals surface area contributed by atoms with Crippen LogP contribution in [-0.4, -0.2) is 37.8 Å². The Balaban J connectivity index is 2.52. The van der Waals surface area contributed by atoms with Crippen molar-refractivity contribution in [1.82, 2.24) is 5.32 Å². The molecule has 1 aromatic carbocycles. The van der Waals surface area contributed by atoms with Gasteiger partial charge in [0.05, 0.1) is 6.10 Å². The second kappa shape index (κ2) is 6.25. The zero-order valence-electron chi connectivity index (χ0n) is 10.6. The Hall–Kier alpha value is -1.55. The number of carbonyl (C=O) groups excluding carboxylic acids is 1. The van der Waals surface area contributed by atoms with Gasteiger partial charge in [0.15, 0.2) is 0 Å². The predicted molar refractivity (Wildman–Crippen MR) is 69.4 cm³/mol. The molecule has 0 saturated heterocycles. The number of hydrogen-bond acceptors (Lipinski definition) is 3. The first-order valence-electron chi connectivity index (χ1n) is 5.74. The number of carbonyl (C=O) groups is 1. The summed E-state index contributed by atoms with van der Waals surface area (Å²) < 4.78 is 0. The molecule has 4 heteroatoms. The Labute approximate surface area is 102 Å². The van der Waals surface area contributed by atoms with Gasteiger partial charge in [-0.25, -0.2) is 0 Å². The molecule has 1 rings (SSSR count). The van der Waals surface area contributed by atoms with Gasteiger partial charge in [-0.15, -0.1) is 0 Å². The largest absolute Gasteiger partial charge is 0.393 e. The van der Waals surface area contributed by atoms with Crippen LogP contribution in [0.4, 0.5) is 5.69 Å². The average molecular weight is 236 g/mol. The number of nitrogens with zero attached hydrogens (tertiary/aromatic N) is 1. The monoisotopic (exact) mass is 236 g/mol. The molecule has 0 bridgehead atoms. The van der Waals surface area contributed by atoms with Gasteiger partial charge in [-0.05, 0) is 37.6 Å². The Kier molecular flexibility index (Phi) is 4.97. The van der Waals surface area contributed by atoms with E-state index in [0.29, 0.717) is 18.5 Å². The highest BCUT2D eigenvalue weighted by molar-refractivity contribution is 5.94. The number of rotatable bonds is 5. The predicted octanol–water partition coefficient (Wildman–Crippen LogP) is 1.25. The van der Waals surface area contributed by atoms with E-state index >= 15 is 0 Å². The highest BCUT2D eigenvalue weighted by atomic mass is 16.3. The van der Waals surface area contributed by atoms with Crippen LogP contribution >= 0.6 is 0 Å². The molecule has 4 nitrogen and oxygen atoms in total. The lowest BCUT2D eigenvalue weighted by atomic mass is 10.2. The smallest absolute Gasteiger partial charge is 0.251 e. The summed E-state index contributed by atoms with van der Waals surface area (Å²) in [5, 5.41) is 11.8. The fourth-order valence-electron chi connectivity index (χ4n) is 1.41. The molecule has 94 valence electrons. The Bertz CT molecular complexity index is 358. The topological polar surface area (TPSA) is 52.6 Å². The van der Waals surface area contributed by atoms with Crippen molar-refractivity contribution >= 4 is 11.6 Å². The molecule has 1 aromatic rings. The van der Waals surface area contributed by atoms with E-state index in [0.717, 1.165) is 5.69 Å². The van der Waals surface area contributed by atoms with Gasteiger partial charge < -0.3 is 15.3 Å². The maximum absolute atomic E-state index is 11.7. The molecule has 1 amide bonds. The van der Waals surface area contributed by atoms with Crippen molar-refractivity contribution in [3.05, 3.63) is 29.8 Å². The summed E-state index contributed by atoms with van der Waals surface area (Å²) in [6.45, 7) is 2.20. The van der Waals surface area contributed by atoms with E-state index in [2.05, 4.69) is 5.32 Å². The Morgan fingerprint density at radius 2 is 1.94 bits per heavy atom. The number of benzene rings is 1. The molecule has 0 aliphatic heterocycles. The molecule has 17 heavy (non-hydrogen) atoms. The lowest BCUT2D eigenvalue weighted by molar-refractivity contribution is 0.0945. The Morgan fingerprint density at radius 3 is 2.41 bits per heavy atom. The summed E-state index contributed by atoms with van der Waals surface area (Å²) in [5.41, 5.74) is 1.70. The summed E-state index contributed by atoms with van der Waals surface area (Å²) in [6, 6.07) is 7.41. The summed E-state index contributed by atoms with van der Waals surface area (Å²) in [5.74, 6) is -0.101. The maximum Gasteiger partial charge on any atom is 0.251 e. The number of aliphatic hydroxyl groups is 1. The molecule has 1 atom stereocenters. The number of aliphatic hydroxyl groups excluding tert-OH is 1. The second-order valence-corrected chi connectivity index (χ2v) is 4.33. The van der Waals surface area contributed by atoms with Gasteiger partial charge in [0.1, 0.15) is 0 Å². The molecule has 2 N–H and O–H groups in total. The summed E-state index contributed by atoms with van der Waals surface area (Å²) in [7, 11) is 3.91. The molecule has 0 spiro atoms. The lowest BCUT2D eigenvalue weighted by Gasteiger charge is -2.12.